The number of hydrogen-bond donors (Lipinski definition) is 2. The fourth-order valence-electron chi connectivity index (χ4n) is 1.57. The van der Waals surface area contributed by atoms with E-state index in [2.05, 4.69) is 31.8 Å². The van der Waals surface area contributed by atoms with E-state index < -0.39 is 0 Å². The van der Waals surface area contributed by atoms with Gasteiger partial charge in [-0.3, -0.25) is 0 Å². The Labute approximate surface area is 126 Å². The normalized spacial score (nSPS) is 11.0. The molecule has 2 aromatic rings. The third kappa shape index (κ3) is 4.20. The molecule has 0 radical (unpaired) electrons. The molecule has 102 valence electrons. The maximum Gasteiger partial charge on any atom is 0.339 e. The maximum absolute atomic E-state index is 11.7. The molecule has 4 nitrogen and oxygen atoms in total. The molecule has 2 rings (SSSR count). The molecular formula is C15H14BrN3O. The summed E-state index contributed by atoms with van der Waals surface area (Å²) < 4.78 is 1.00. The van der Waals surface area contributed by atoms with Gasteiger partial charge in [-0.25, -0.2) is 10.2 Å². The van der Waals surface area contributed by atoms with Crippen LogP contribution in [0.4, 0.5) is 10.5 Å². The molecule has 0 aliphatic rings. The van der Waals surface area contributed by atoms with Crippen molar-refractivity contribution < 1.29 is 4.79 Å². The van der Waals surface area contributed by atoms with Crippen LogP contribution < -0.4 is 10.7 Å². The van der Waals surface area contributed by atoms with Crippen LogP contribution in [0, 0.1) is 0 Å². The topological polar surface area (TPSA) is 53.5 Å². The predicted molar refractivity (Wildman–Crippen MR) is 84.9 cm³/mol. The van der Waals surface area contributed by atoms with E-state index in [1.165, 1.54) is 0 Å². The quantitative estimate of drug-likeness (QED) is 0.648. The summed E-state index contributed by atoms with van der Waals surface area (Å²) in [6.45, 7) is 1.84. The highest BCUT2D eigenvalue weighted by molar-refractivity contribution is 9.10. The van der Waals surface area contributed by atoms with Crippen molar-refractivity contribution in [3.63, 3.8) is 0 Å². The van der Waals surface area contributed by atoms with Crippen molar-refractivity contribution in [2.75, 3.05) is 5.32 Å². The Balaban J connectivity index is 1.95. The highest BCUT2D eigenvalue weighted by atomic mass is 79.9. The van der Waals surface area contributed by atoms with Crippen LogP contribution in [0.1, 0.15) is 12.5 Å². The molecular weight excluding hydrogens is 318 g/mol. The van der Waals surface area contributed by atoms with Gasteiger partial charge >= 0.3 is 6.03 Å². The minimum Gasteiger partial charge on any atom is -0.307 e. The van der Waals surface area contributed by atoms with Gasteiger partial charge < -0.3 is 5.32 Å². The van der Waals surface area contributed by atoms with Gasteiger partial charge in [0.1, 0.15) is 0 Å². The van der Waals surface area contributed by atoms with E-state index in [9.17, 15) is 4.79 Å². The van der Waals surface area contributed by atoms with Gasteiger partial charge in [0, 0.05) is 10.2 Å². The second kappa shape index (κ2) is 6.86. The van der Waals surface area contributed by atoms with E-state index >= 15 is 0 Å². The van der Waals surface area contributed by atoms with Crippen molar-refractivity contribution in [1.29, 1.82) is 0 Å². The lowest BCUT2D eigenvalue weighted by Crippen LogP contribution is -2.25. The first-order valence-electron chi connectivity index (χ1n) is 6.07. The van der Waals surface area contributed by atoms with Gasteiger partial charge in [-0.2, -0.15) is 5.10 Å². The standard InChI is InChI=1S/C15H14BrN3O/c1-11(12-7-9-13(16)10-8-12)18-19-15(20)17-14-5-3-2-4-6-14/h2-10H,1H3,(H2,17,19,20)/b18-11-. The molecule has 0 saturated heterocycles. The van der Waals surface area contributed by atoms with E-state index in [-0.39, 0.29) is 6.03 Å². The summed E-state index contributed by atoms with van der Waals surface area (Å²) in [7, 11) is 0. The second-order valence-electron chi connectivity index (χ2n) is 4.14. The first kappa shape index (κ1) is 14.3. The van der Waals surface area contributed by atoms with Crippen molar-refractivity contribution in [3.8, 4) is 0 Å². The van der Waals surface area contributed by atoms with Gasteiger partial charge in [0.15, 0.2) is 0 Å². The molecule has 0 spiro atoms. The van der Waals surface area contributed by atoms with Crippen molar-refractivity contribution in [2.45, 2.75) is 6.92 Å². The second-order valence-corrected chi connectivity index (χ2v) is 5.05. The lowest BCUT2D eigenvalue weighted by molar-refractivity contribution is 0.252. The van der Waals surface area contributed by atoms with Gasteiger partial charge in [0.25, 0.3) is 0 Å². The molecule has 0 aliphatic heterocycles. The molecule has 0 saturated carbocycles. The molecule has 20 heavy (non-hydrogen) atoms. The third-order valence-electron chi connectivity index (χ3n) is 2.62. The average molecular weight is 332 g/mol. The highest BCUT2D eigenvalue weighted by Crippen LogP contribution is 2.11. The first-order chi connectivity index (χ1) is 9.65. The highest BCUT2D eigenvalue weighted by Gasteiger charge is 2.01. The number of halogens is 1. The molecule has 2 N–H and O–H groups in total. The number of carbonyl (C=O) groups is 1. The van der Waals surface area contributed by atoms with Gasteiger partial charge in [-0.05, 0) is 36.8 Å². The lowest BCUT2D eigenvalue weighted by Gasteiger charge is -2.05. The Kier molecular flexibility index (Phi) is 4.90. The average Bonchev–Trinajstić information content (AvgIpc) is 2.46. The largest absolute Gasteiger partial charge is 0.339 e. The molecule has 0 fully saturated rings. The van der Waals surface area contributed by atoms with Gasteiger partial charge in [-0.1, -0.05) is 46.3 Å². The molecule has 0 unspecified atom stereocenters. The number of nitrogens with zero attached hydrogens (tertiary/aromatic N) is 1. The van der Waals surface area contributed by atoms with Crippen molar-refractivity contribution in [2.24, 2.45) is 5.10 Å². The van der Waals surface area contributed by atoms with Crippen molar-refractivity contribution >= 4 is 33.4 Å². The number of urea groups is 1. The number of nitrogens with one attached hydrogen (secondary N) is 2. The van der Waals surface area contributed by atoms with Crippen molar-refractivity contribution in [3.05, 3.63) is 64.6 Å². The van der Waals surface area contributed by atoms with Crippen LogP contribution in [0.3, 0.4) is 0 Å². The number of anilines is 1. The van der Waals surface area contributed by atoms with E-state index in [4.69, 9.17) is 0 Å². The molecule has 0 aromatic heterocycles. The number of amides is 2. The van der Waals surface area contributed by atoms with Gasteiger partial charge in [-0.15, -0.1) is 0 Å². The van der Waals surface area contributed by atoms with Crippen LogP contribution in [0.15, 0.2) is 64.2 Å². The van der Waals surface area contributed by atoms with Crippen LogP contribution in [-0.2, 0) is 0 Å². The maximum atomic E-state index is 11.7. The number of hydrazone groups is 1. The Bertz CT molecular complexity index is 609. The molecule has 0 aliphatic carbocycles. The zero-order valence-corrected chi connectivity index (χ0v) is 12.5. The molecule has 2 aromatic carbocycles. The molecule has 0 heterocycles. The number of carbonyl (C=O) groups excluding carboxylic acids is 1. The zero-order valence-electron chi connectivity index (χ0n) is 10.9. The van der Waals surface area contributed by atoms with Crippen LogP contribution >= 0.6 is 15.9 Å². The summed E-state index contributed by atoms with van der Waals surface area (Å²) >= 11 is 3.37. The van der Waals surface area contributed by atoms with Crippen LogP contribution in [0.5, 0.6) is 0 Å². The lowest BCUT2D eigenvalue weighted by atomic mass is 10.1. The van der Waals surface area contributed by atoms with E-state index in [1.807, 2.05) is 61.5 Å². The Morgan fingerprint density at radius 1 is 1.05 bits per heavy atom. The number of hydrogen-bond acceptors (Lipinski definition) is 2. The molecule has 0 atom stereocenters. The summed E-state index contributed by atoms with van der Waals surface area (Å²) in [6, 6.07) is 16.6. The minimum absolute atomic E-state index is 0.368. The smallest absolute Gasteiger partial charge is 0.307 e. The Morgan fingerprint density at radius 3 is 2.35 bits per heavy atom. The van der Waals surface area contributed by atoms with Gasteiger partial charge in [0.05, 0.1) is 5.71 Å². The molecule has 0 bridgehead atoms. The summed E-state index contributed by atoms with van der Waals surface area (Å²) in [5, 5.41) is 6.75. The van der Waals surface area contributed by atoms with E-state index in [0.29, 0.717) is 0 Å². The van der Waals surface area contributed by atoms with Crippen LogP contribution in [-0.4, -0.2) is 11.7 Å². The minimum atomic E-state index is -0.368. The summed E-state index contributed by atoms with van der Waals surface area (Å²) in [5.74, 6) is 0. The first-order valence-corrected chi connectivity index (χ1v) is 6.87. The predicted octanol–water partition coefficient (Wildman–Crippen LogP) is 3.99. The number of benzene rings is 2. The number of rotatable bonds is 3. The SMILES string of the molecule is C/C(=N/NC(=O)Nc1ccccc1)c1ccc(Br)cc1. The fourth-order valence-corrected chi connectivity index (χ4v) is 1.84. The Morgan fingerprint density at radius 2 is 1.70 bits per heavy atom. The molecule has 2 amide bonds. The van der Waals surface area contributed by atoms with Crippen LogP contribution in [0.2, 0.25) is 0 Å². The van der Waals surface area contributed by atoms with E-state index in [0.717, 1.165) is 21.4 Å². The Hall–Kier alpha value is -2.14. The van der Waals surface area contributed by atoms with Gasteiger partial charge in [0.2, 0.25) is 0 Å². The zero-order chi connectivity index (χ0) is 14.4. The fraction of sp³-hybridized carbons (Fsp3) is 0.0667. The van der Waals surface area contributed by atoms with E-state index in [1.54, 1.807) is 0 Å². The number of para-hydroxylation sites is 1. The summed E-state index contributed by atoms with van der Waals surface area (Å²) in [6.07, 6.45) is 0. The van der Waals surface area contributed by atoms with Crippen molar-refractivity contribution in [1.82, 2.24) is 5.43 Å². The molecule has 5 heteroatoms. The monoisotopic (exact) mass is 331 g/mol. The summed E-state index contributed by atoms with van der Waals surface area (Å²) in [5.41, 5.74) is 4.88. The third-order valence-corrected chi connectivity index (χ3v) is 3.15. The van der Waals surface area contributed by atoms with Crippen LogP contribution in [0.25, 0.3) is 0 Å². The summed E-state index contributed by atoms with van der Waals surface area (Å²) in [4.78, 5) is 11.7.